The van der Waals surface area contributed by atoms with Crippen LogP contribution < -0.4 is 5.32 Å². The second-order valence-corrected chi connectivity index (χ2v) is 3.85. The lowest BCUT2D eigenvalue weighted by Crippen LogP contribution is -2.18. The van der Waals surface area contributed by atoms with E-state index in [4.69, 9.17) is 0 Å². The minimum atomic E-state index is 0. The number of carbonyl (C=O) groups excluding carboxylic acids is 1. The van der Waals surface area contributed by atoms with Crippen molar-refractivity contribution in [1.82, 2.24) is 0 Å². The number of nitrogens with one attached hydrogen (secondary N) is 1. The molecule has 1 amide bonds. The third-order valence-corrected chi connectivity index (χ3v) is 2.84. The number of amides is 1. The molecule has 78 valence electrons. The summed E-state index contributed by atoms with van der Waals surface area (Å²) in [6.45, 7) is 6.02. The van der Waals surface area contributed by atoms with Crippen molar-refractivity contribution in [2.45, 2.75) is 25.7 Å². The molecule has 3 heteroatoms. The summed E-state index contributed by atoms with van der Waals surface area (Å²) >= 11 is 1.59. The Kier molecular flexibility index (Phi) is 4.01. The van der Waals surface area contributed by atoms with Crippen molar-refractivity contribution in [3.05, 3.63) is 23.8 Å². The zero-order valence-corrected chi connectivity index (χ0v) is 9.57. The molecule has 0 aliphatic carbocycles. The minimum Gasteiger partial charge on any atom is -0.324 e. The van der Waals surface area contributed by atoms with E-state index in [1.807, 2.05) is 26.8 Å². The van der Waals surface area contributed by atoms with Gasteiger partial charge in [-0.15, -0.1) is 11.8 Å². The molecule has 1 aromatic rings. The Hall–Kier alpha value is -0.960. The normalized spacial score (nSPS) is 13.5. The van der Waals surface area contributed by atoms with E-state index in [0.29, 0.717) is 5.75 Å². The third kappa shape index (κ3) is 2.51. The van der Waals surface area contributed by atoms with Crippen molar-refractivity contribution in [3.63, 3.8) is 0 Å². The average Bonchev–Trinajstić information content (AvgIpc) is 2.20. The largest absolute Gasteiger partial charge is 0.324 e. The van der Waals surface area contributed by atoms with Gasteiger partial charge in [0.15, 0.2) is 0 Å². The van der Waals surface area contributed by atoms with Gasteiger partial charge in [-0.1, -0.05) is 19.9 Å². The van der Waals surface area contributed by atoms with Crippen molar-refractivity contribution < 1.29 is 6.22 Å². The molecule has 2 rings (SSSR count). The summed E-state index contributed by atoms with van der Waals surface area (Å²) in [5.41, 5.74) is 2.13. The molecule has 0 saturated heterocycles. The second kappa shape index (κ2) is 5.05. The van der Waals surface area contributed by atoms with Crippen LogP contribution in [0.3, 0.4) is 0 Å². The zero-order valence-electron chi connectivity index (χ0n) is 8.76. The van der Waals surface area contributed by atoms with Crippen molar-refractivity contribution >= 4 is 23.4 Å². The topological polar surface area (TPSA) is 29.1 Å². The standard InChI is InChI=1S/C9H9NOS.C2H6.H2/c1-6-2-3-8-7(4-6)10-9(11)5-12-8;1-2;/h2-4H,5H2,1H3,(H,10,11);1-2H3;1H. The fourth-order valence-corrected chi connectivity index (χ4v) is 1.99. The highest BCUT2D eigenvalue weighted by Crippen LogP contribution is 2.31. The maximum absolute atomic E-state index is 11.0. The van der Waals surface area contributed by atoms with Crippen LogP contribution in [0.5, 0.6) is 0 Å². The van der Waals surface area contributed by atoms with E-state index < -0.39 is 0 Å². The molecule has 0 fully saturated rings. The summed E-state index contributed by atoms with van der Waals surface area (Å²) in [4.78, 5) is 12.2. The first kappa shape index (κ1) is 11.1. The van der Waals surface area contributed by atoms with Gasteiger partial charge in [0.25, 0.3) is 0 Å². The van der Waals surface area contributed by atoms with Gasteiger partial charge >= 0.3 is 0 Å². The predicted octanol–water partition coefficient (Wildman–Crippen LogP) is 3.31. The lowest BCUT2D eigenvalue weighted by molar-refractivity contribution is -0.113. The van der Waals surface area contributed by atoms with Crippen LogP contribution in [0.4, 0.5) is 5.69 Å². The maximum atomic E-state index is 11.0. The lowest BCUT2D eigenvalue weighted by Gasteiger charge is -2.15. The smallest absolute Gasteiger partial charge is 0.234 e. The molecule has 0 bridgehead atoms. The number of rotatable bonds is 0. The van der Waals surface area contributed by atoms with Crippen molar-refractivity contribution in [2.75, 3.05) is 11.1 Å². The molecule has 14 heavy (non-hydrogen) atoms. The van der Waals surface area contributed by atoms with Gasteiger partial charge in [0.1, 0.15) is 0 Å². The summed E-state index contributed by atoms with van der Waals surface area (Å²) in [7, 11) is 0. The van der Waals surface area contributed by atoms with Crippen molar-refractivity contribution in [3.8, 4) is 0 Å². The van der Waals surface area contributed by atoms with Gasteiger partial charge in [0, 0.05) is 6.32 Å². The van der Waals surface area contributed by atoms with E-state index in [1.165, 1.54) is 10.5 Å². The van der Waals surface area contributed by atoms with Crippen molar-refractivity contribution in [1.29, 1.82) is 0 Å². The van der Waals surface area contributed by atoms with Gasteiger partial charge in [-0.05, 0) is 24.6 Å². The highest BCUT2D eigenvalue weighted by atomic mass is 32.2. The Bertz CT molecular complexity index is 341. The van der Waals surface area contributed by atoms with Crippen LogP contribution in [0, 0.1) is 6.92 Å². The molecule has 0 aromatic heterocycles. The molecule has 1 heterocycles. The summed E-state index contributed by atoms with van der Waals surface area (Å²) in [6, 6.07) is 6.11. The molecular weight excluding hydrogens is 194 g/mol. The van der Waals surface area contributed by atoms with Gasteiger partial charge in [-0.3, -0.25) is 4.79 Å². The molecule has 1 N–H and O–H groups in total. The number of fused-ring (bicyclic) bond motifs is 1. The van der Waals surface area contributed by atoms with E-state index in [1.54, 1.807) is 11.8 Å². The van der Waals surface area contributed by atoms with Gasteiger partial charge < -0.3 is 5.32 Å². The molecule has 0 spiro atoms. The maximum Gasteiger partial charge on any atom is 0.234 e. The molecular formula is C11H17NOS. The fraction of sp³-hybridized carbons (Fsp3) is 0.364. The van der Waals surface area contributed by atoms with Crippen LogP contribution in [0.25, 0.3) is 0 Å². The van der Waals surface area contributed by atoms with Gasteiger partial charge in [-0.2, -0.15) is 0 Å². The first-order chi connectivity index (χ1) is 6.75. The van der Waals surface area contributed by atoms with Crippen molar-refractivity contribution in [2.24, 2.45) is 0 Å². The first-order valence-corrected chi connectivity index (χ1v) is 5.77. The zero-order chi connectivity index (χ0) is 10.6. The van der Waals surface area contributed by atoms with E-state index in [9.17, 15) is 4.79 Å². The van der Waals surface area contributed by atoms with Crippen LogP contribution >= 0.6 is 11.8 Å². The first-order valence-electron chi connectivity index (χ1n) is 4.79. The Morgan fingerprint density at radius 3 is 2.86 bits per heavy atom. The summed E-state index contributed by atoms with van der Waals surface area (Å²) < 4.78 is 0. The second-order valence-electron chi connectivity index (χ2n) is 2.84. The quantitative estimate of drug-likeness (QED) is 0.713. The lowest BCUT2D eigenvalue weighted by atomic mass is 10.2. The average molecular weight is 211 g/mol. The molecule has 2 nitrogen and oxygen atoms in total. The monoisotopic (exact) mass is 211 g/mol. The van der Waals surface area contributed by atoms with E-state index in [-0.39, 0.29) is 7.33 Å². The van der Waals surface area contributed by atoms with Gasteiger partial charge in [-0.25, -0.2) is 0 Å². The van der Waals surface area contributed by atoms with E-state index in [0.717, 1.165) is 5.69 Å². The Morgan fingerprint density at radius 2 is 2.14 bits per heavy atom. The molecule has 1 aliphatic rings. The Labute approximate surface area is 90.6 Å². The molecule has 0 atom stereocenters. The molecule has 1 aromatic carbocycles. The summed E-state index contributed by atoms with van der Waals surface area (Å²) in [5, 5.41) is 2.84. The number of hydrogen-bond donors (Lipinski definition) is 1. The van der Waals surface area contributed by atoms with Crippen LogP contribution in [-0.4, -0.2) is 11.7 Å². The number of thioether (sulfide) groups is 1. The number of anilines is 1. The van der Waals surface area contributed by atoms with E-state index >= 15 is 0 Å². The molecule has 0 saturated carbocycles. The summed E-state index contributed by atoms with van der Waals surface area (Å²) in [5.74, 6) is 0.633. The predicted molar refractivity (Wildman–Crippen MR) is 64.0 cm³/mol. The fourth-order valence-electron chi connectivity index (χ4n) is 1.20. The summed E-state index contributed by atoms with van der Waals surface area (Å²) in [6.07, 6.45) is 0. The van der Waals surface area contributed by atoms with Crippen LogP contribution in [0.2, 0.25) is 0 Å². The van der Waals surface area contributed by atoms with Gasteiger partial charge in [0.2, 0.25) is 5.91 Å². The van der Waals surface area contributed by atoms with Crippen LogP contribution in [-0.2, 0) is 4.79 Å². The number of benzene rings is 1. The number of carbonyl (C=O) groups is 1. The minimum absolute atomic E-state index is 0. The highest BCUT2D eigenvalue weighted by molar-refractivity contribution is 8.00. The van der Waals surface area contributed by atoms with Crippen LogP contribution in [0.1, 0.15) is 20.8 Å². The SMILES string of the molecule is CC.Cc1ccc2c(c1)NC(=O)CS2.[HH]. The molecule has 0 unspecified atom stereocenters. The molecule has 0 radical (unpaired) electrons. The molecule has 1 aliphatic heterocycles. The van der Waals surface area contributed by atoms with Gasteiger partial charge in [0.05, 0.1) is 11.4 Å². The number of aryl methyl sites for hydroxylation is 1. The number of hydrogen-bond acceptors (Lipinski definition) is 2. The Balaban J connectivity index is 0.000000617. The third-order valence-electron chi connectivity index (χ3n) is 1.77. The van der Waals surface area contributed by atoms with Crippen LogP contribution in [0.15, 0.2) is 23.1 Å². The Morgan fingerprint density at radius 1 is 1.43 bits per heavy atom. The highest BCUT2D eigenvalue weighted by Gasteiger charge is 2.14. The van der Waals surface area contributed by atoms with E-state index in [2.05, 4.69) is 17.4 Å².